The van der Waals surface area contributed by atoms with E-state index in [0.717, 1.165) is 29.5 Å². The van der Waals surface area contributed by atoms with Crippen molar-refractivity contribution in [1.29, 1.82) is 0 Å². The normalized spacial score (nSPS) is 11.8. The first-order chi connectivity index (χ1) is 15.2. The molecule has 0 saturated heterocycles. The topological polar surface area (TPSA) is 92.7 Å². The highest BCUT2D eigenvalue weighted by Gasteiger charge is 2.18. The lowest BCUT2D eigenvalue weighted by atomic mass is 9.98. The van der Waals surface area contributed by atoms with Crippen LogP contribution in [0, 0.1) is 0 Å². The molecule has 0 fully saturated rings. The van der Waals surface area contributed by atoms with E-state index in [2.05, 4.69) is 39.4 Å². The van der Waals surface area contributed by atoms with Crippen LogP contribution in [0.4, 0.5) is 0 Å². The Morgan fingerprint density at radius 3 is 2.45 bits per heavy atom. The maximum absolute atomic E-state index is 12.8. The summed E-state index contributed by atoms with van der Waals surface area (Å²) in [4.78, 5) is 32.0. The van der Waals surface area contributed by atoms with Crippen LogP contribution in [0.5, 0.6) is 0 Å². The number of aromatic nitrogens is 4. The Hall–Kier alpha value is -4.00. The first-order valence-electron chi connectivity index (χ1n) is 10.2. The number of carbonyl (C=O) groups excluding carboxylic acids is 1. The monoisotopic (exact) mass is 413 g/mol. The fourth-order valence-corrected chi connectivity index (χ4v) is 3.44. The summed E-state index contributed by atoms with van der Waals surface area (Å²) in [5, 5.41) is 7.01. The van der Waals surface area contributed by atoms with E-state index in [1.807, 2.05) is 42.5 Å². The van der Waals surface area contributed by atoms with Gasteiger partial charge in [0.25, 0.3) is 11.5 Å². The minimum atomic E-state index is -0.507. The molecular weight excluding hydrogens is 390 g/mol. The largest absolute Gasteiger partial charge is 0.345 e. The number of aromatic amines is 1. The lowest BCUT2D eigenvalue weighted by molar-refractivity contribution is 0.0932. The summed E-state index contributed by atoms with van der Waals surface area (Å²) in [6.07, 6.45) is 6.17. The lowest BCUT2D eigenvalue weighted by Crippen LogP contribution is -2.33. The number of H-pyrrole nitrogens is 1. The van der Waals surface area contributed by atoms with Gasteiger partial charge in [-0.1, -0.05) is 67.9 Å². The van der Waals surface area contributed by atoms with Crippen molar-refractivity contribution in [3.8, 4) is 17.1 Å². The maximum Gasteiger partial charge on any atom is 0.265 e. The predicted octanol–water partition coefficient (Wildman–Crippen LogP) is 3.89. The van der Waals surface area contributed by atoms with Crippen LogP contribution >= 0.6 is 0 Å². The standard InChI is InChI=1S/C24H23N5O2/c1-2-7-21(19-12-10-18(11-13-19)17-8-4-3-5-9-17)27-22(30)20-16-25-24(28-23(20)31)29-15-6-14-26-29/h3-6,8-16,21H,2,7H2,1H3,(H,27,30)(H,25,28,31). The summed E-state index contributed by atoms with van der Waals surface area (Å²) in [5.41, 5.74) is 2.71. The molecule has 0 spiro atoms. The molecule has 7 nitrogen and oxygen atoms in total. The second kappa shape index (κ2) is 9.21. The fourth-order valence-electron chi connectivity index (χ4n) is 3.44. The quantitative estimate of drug-likeness (QED) is 0.481. The van der Waals surface area contributed by atoms with E-state index < -0.39 is 11.5 Å². The number of hydrogen-bond acceptors (Lipinski definition) is 4. The van der Waals surface area contributed by atoms with Gasteiger partial charge in [-0.2, -0.15) is 5.10 Å². The fraction of sp³-hybridized carbons (Fsp3) is 0.167. The number of hydrogen-bond donors (Lipinski definition) is 2. The summed E-state index contributed by atoms with van der Waals surface area (Å²) in [6.45, 7) is 2.06. The summed E-state index contributed by atoms with van der Waals surface area (Å²) < 4.78 is 1.43. The Bertz CT molecular complexity index is 1200. The first-order valence-corrected chi connectivity index (χ1v) is 10.2. The third kappa shape index (κ3) is 4.61. The predicted molar refractivity (Wildman–Crippen MR) is 119 cm³/mol. The van der Waals surface area contributed by atoms with Crippen LogP contribution in [-0.4, -0.2) is 25.7 Å². The highest BCUT2D eigenvalue weighted by molar-refractivity contribution is 5.93. The Balaban J connectivity index is 1.53. The second-order valence-electron chi connectivity index (χ2n) is 7.20. The Morgan fingerprint density at radius 2 is 1.81 bits per heavy atom. The van der Waals surface area contributed by atoms with Crippen LogP contribution < -0.4 is 10.9 Å². The van der Waals surface area contributed by atoms with Gasteiger partial charge < -0.3 is 5.32 Å². The highest BCUT2D eigenvalue weighted by atomic mass is 16.2. The smallest absolute Gasteiger partial charge is 0.265 e. The summed E-state index contributed by atoms with van der Waals surface area (Å²) in [7, 11) is 0. The SMILES string of the molecule is CCCC(NC(=O)c1cnc(-n2cccn2)[nH]c1=O)c1ccc(-c2ccccc2)cc1. The average molecular weight is 413 g/mol. The number of amides is 1. The molecule has 0 saturated carbocycles. The molecule has 4 rings (SSSR count). The minimum Gasteiger partial charge on any atom is -0.345 e. The van der Waals surface area contributed by atoms with Gasteiger partial charge in [0.2, 0.25) is 5.95 Å². The number of rotatable bonds is 7. The number of carbonyl (C=O) groups is 1. The zero-order chi connectivity index (χ0) is 21.6. The molecule has 2 aromatic carbocycles. The summed E-state index contributed by atoms with van der Waals surface area (Å²) in [6, 6.07) is 19.8. The summed E-state index contributed by atoms with van der Waals surface area (Å²) >= 11 is 0. The molecule has 1 atom stereocenters. The van der Waals surface area contributed by atoms with Gasteiger partial charge in [0.05, 0.1) is 6.04 Å². The van der Waals surface area contributed by atoms with Gasteiger partial charge in [-0.25, -0.2) is 9.67 Å². The van der Waals surface area contributed by atoms with Crippen molar-refractivity contribution in [2.45, 2.75) is 25.8 Å². The molecule has 0 aliphatic heterocycles. The van der Waals surface area contributed by atoms with Crippen molar-refractivity contribution in [1.82, 2.24) is 25.1 Å². The number of nitrogens with zero attached hydrogens (tertiary/aromatic N) is 3. The van der Waals surface area contributed by atoms with E-state index >= 15 is 0 Å². The third-order valence-electron chi connectivity index (χ3n) is 5.05. The highest BCUT2D eigenvalue weighted by Crippen LogP contribution is 2.24. The molecule has 4 aromatic rings. The van der Waals surface area contributed by atoms with Crippen LogP contribution in [0.3, 0.4) is 0 Å². The molecular formula is C24H23N5O2. The third-order valence-corrected chi connectivity index (χ3v) is 5.05. The molecule has 7 heteroatoms. The van der Waals surface area contributed by atoms with Crippen LogP contribution in [0.1, 0.15) is 41.7 Å². The molecule has 2 aromatic heterocycles. The molecule has 0 aliphatic rings. The number of benzene rings is 2. The van der Waals surface area contributed by atoms with Crippen LogP contribution in [0.25, 0.3) is 17.1 Å². The molecule has 31 heavy (non-hydrogen) atoms. The van der Waals surface area contributed by atoms with Crippen molar-refractivity contribution in [3.05, 3.63) is 101 Å². The van der Waals surface area contributed by atoms with Crippen molar-refractivity contribution in [2.24, 2.45) is 0 Å². The Labute approximate surface area is 179 Å². The zero-order valence-electron chi connectivity index (χ0n) is 17.2. The van der Waals surface area contributed by atoms with Gasteiger partial charge in [0.15, 0.2) is 0 Å². The van der Waals surface area contributed by atoms with Gasteiger partial charge in [-0.05, 0) is 29.2 Å². The molecule has 2 heterocycles. The molecule has 1 unspecified atom stereocenters. The Kier molecular flexibility index (Phi) is 6.03. The zero-order valence-corrected chi connectivity index (χ0v) is 17.2. The molecule has 0 bridgehead atoms. The first kappa shape index (κ1) is 20.3. The van der Waals surface area contributed by atoms with Gasteiger partial charge in [-0.3, -0.25) is 14.6 Å². The van der Waals surface area contributed by atoms with Gasteiger partial charge in [0.1, 0.15) is 5.56 Å². The van der Waals surface area contributed by atoms with Gasteiger partial charge in [0, 0.05) is 18.6 Å². The van der Waals surface area contributed by atoms with Gasteiger partial charge >= 0.3 is 0 Å². The van der Waals surface area contributed by atoms with Crippen LogP contribution in [0.2, 0.25) is 0 Å². The molecule has 156 valence electrons. The maximum atomic E-state index is 12.8. The van der Waals surface area contributed by atoms with Crippen molar-refractivity contribution in [3.63, 3.8) is 0 Å². The van der Waals surface area contributed by atoms with Crippen molar-refractivity contribution < 1.29 is 4.79 Å². The van der Waals surface area contributed by atoms with E-state index in [-0.39, 0.29) is 17.6 Å². The minimum absolute atomic E-state index is 0.0297. The molecule has 1 amide bonds. The van der Waals surface area contributed by atoms with Crippen LogP contribution in [-0.2, 0) is 0 Å². The average Bonchev–Trinajstić information content (AvgIpc) is 3.34. The second-order valence-corrected chi connectivity index (χ2v) is 7.20. The summed E-state index contributed by atoms with van der Waals surface area (Å²) in [5.74, 6) is -0.195. The van der Waals surface area contributed by atoms with E-state index in [0.29, 0.717) is 0 Å². The number of nitrogens with one attached hydrogen (secondary N) is 2. The van der Waals surface area contributed by atoms with E-state index in [1.165, 1.54) is 10.9 Å². The molecule has 0 aliphatic carbocycles. The van der Waals surface area contributed by atoms with Crippen molar-refractivity contribution in [2.75, 3.05) is 0 Å². The van der Waals surface area contributed by atoms with E-state index in [1.54, 1.807) is 18.5 Å². The van der Waals surface area contributed by atoms with Crippen molar-refractivity contribution >= 4 is 5.91 Å². The Morgan fingerprint density at radius 1 is 1.06 bits per heavy atom. The van der Waals surface area contributed by atoms with E-state index in [9.17, 15) is 9.59 Å². The molecule has 0 radical (unpaired) electrons. The lowest BCUT2D eigenvalue weighted by Gasteiger charge is -2.19. The van der Waals surface area contributed by atoms with Gasteiger partial charge in [-0.15, -0.1) is 0 Å². The van der Waals surface area contributed by atoms with E-state index in [4.69, 9.17) is 0 Å². The molecule has 2 N–H and O–H groups in total. The van der Waals surface area contributed by atoms with Crippen LogP contribution in [0.15, 0.2) is 84.0 Å².